The molecule has 0 saturated carbocycles. The second kappa shape index (κ2) is 8.31. The van der Waals surface area contributed by atoms with Crippen LogP contribution in [-0.4, -0.2) is 36.1 Å². The topological polar surface area (TPSA) is 41.1 Å². The molecule has 1 saturated heterocycles. The van der Waals surface area contributed by atoms with Crippen molar-refractivity contribution < 1.29 is 0 Å². The Kier molecular flexibility index (Phi) is 5.45. The van der Waals surface area contributed by atoms with Crippen LogP contribution >= 0.6 is 0 Å². The average Bonchev–Trinajstić information content (AvgIpc) is 3.00. The Bertz CT molecular complexity index is 870. The predicted octanol–water partition coefficient (Wildman–Crippen LogP) is 3.84. The van der Waals surface area contributed by atoms with Gasteiger partial charge in [-0.2, -0.15) is 0 Å². The van der Waals surface area contributed by atoms with Crippen molar-refractivity contribution in [3.05, 3.63) is 77.5 Å². The molecule has 4 heteroatoms. The molecule has 0 amide bonds. The van der Waals surface area contributed by atoms with Gasteiger partial charge in [-0.05, 0) is 25.5 Å². The summed E-state index contributed by atoms with van der Waals surface area (Å²) in [5.74, 6) is 1.91. The summed E-state index contributed by atoms with van der Waals surface area (Å²) < 4.78 is 0. The van der Waals surface area contributed by atoms with Gasteiger partial charge in [0, 0.05) is 42.9 Å². The minimum atomic E-state index is 0.817. The van der Waals surface area contributed by atoms with Crippen LogP contribution in [0, 0.1) is 6.92 Å². The molecule has 138 valence electrons. The average molecular weight is 358 g/mol. The fourth-order valence-electron chi connectivity index (χ4n) is 3.62. The smallest absolute Gasteiger partial charge is 0.161 e. The fourth-order valence-corrected chi connectivity index (χ4v) is 3.62. The molecule has 1 aliphatic heterocycles. The van der Waals surface area contributed by atoms with Gasteiger partial charge in [0.05, 0.1) is 0 Å². The van der Waals surface area contributed by atoms with Crippen molar-refractivity contribution >= 4 is 5.82 Å². The Morgan fingerprint density at radius 2 is 1.63 bits per heavy atom. The summed E-state index contributed by atoms with van der Waals surface area (Å²) in [5.41, 5.74) is 4.68. The number of nitrogens with one attached hydrogen (secondary N) is 1. The highest BCUT2D eigenvalue weighted by Crippen LogP contribution is 2.27. The lowest BCUT2D eigenvalue weighted by Crippen LogP contribution is -2.30. The van der Waals surface area contributed by atoms with Crippen LogP contribution < -0.4 is 10.2 Å². The Hall–Kier alpha value is -2.72. The standard InChI is InChI=1S/C23H26N4/c1-18-21(17-19-9-4-2-5-10-19)23(27-15-8-13-24-14-16-27)26-22(25-18)20-11-6-3-7-12-20/h2-7,9-12,24H,8,13-17H2,1H3. The van der Waals surface area contributed by atoms with E-state index in [9.17, 15) is 0 Å². The number of hydrogen-bond donors (Lipinski definition) is 1. The summed E-state index contributed by atoms with van der Waals surface area (Å²) in [6.45, 7) is 6.19. The number of aromatic nitrogens is 2. The third-order valence-electron chi connectivity index (χ3n) is 5.09. The monoisotopic (exact) mass is 358 g/mol. The number of aryl methyl sites for hydroxylation is 1. The van der Waals surface area contributed by atoms with E-state index in [-0.39, 0.29) is 0 Å². The first-order valence-corrected chi connectivity index (χ1v) is 9.74. The highest BCUT2D eigenvalue weighted by Gasteiger charge is 2.19. The van der Waals surface area contributed by atoms with Crippen molar-refractivity contribution in [2.75, 3.05) is 31.1 Å². The molecule has 1 fully saturated rings. The number of anilines is 1. The van der Waals surface area contributed by atoms with Gasteiger partial charge in [-0.25, -0.2) is 9.97 Å². The van der Waals surface area contributed by atoms with Gasteiger partial charge in [0.1, 0.15) is 5.82 Å². The van der Waals surface area contributed by atoms with Crippen molar-refractivity contribution in [2.45, 2.75) is 19.8 Å². The molecule has 1 N–H and O–H groups in total. The van der Waals surface area contributed by atoms with Gasteiger partial charge < -0.3 is 10.2 Å². The highest BCUT2D eigenvalue weighted by atomic mass is 15.2. The van der Waals surface area contributed by atoms with Crippen LogP contribution in [0.4, 0.5) is 5.82 Å². The van der Waals surface area contributed by atoms with E-state index in [0.717, 1.165) is 61.9 Å². The molecule has 2 aromatic carbocycles. The van der Waals surface area contributed by atoms with Crippen molar-refractivity contribution in [1.29, 1.82) is 0 Å². The molecule has 1 aliphatic rings. The van der Waals surface area contributed by atoms with Crippen molar-refractivity contribution in [3.8, 4) is 11.4 Å². The van der Waals surface area contributed by atoms with Gasteiger partial charge in [0.2, 0.25) is 0 Å². The number of rotatable bonds is 4. The van der Waals surface area contributed by atoms with Gasteiger partial charge in [0.15, 0.2) is 5.82 Å². The van der Waals surface area contributed by atoms with Crippen LogP contribution in [0.2, 0.25) is 0 Å². The molecule has 0 spiro atoms. The van der Waals surface area contributed by atoms with E-state index in [1.165, 1.54) is 11.1 Å². The molecular weight excluding hydrogens is 332 g/mol. The first-order chi connectivity index (χ1) is 13.3. The summed E-state index contributed by atoms with van der Waals surface area (Å²) in [6, 6.07) is 20.9. The lowest BCUT2D eigenvalue weighted by molar-refractivity contribution is 0.724. The molecule has 0 unspecified atom stereocenters. The molecule has 0 bridgehead atoms. The maximum Gasteiger partial charge on any atom is 0.161 e. The Labute approximate surface area is 161 Å². The summed E-state index contributed by atoms with van der Waals surface area (Å²) in [4.78, 5) is 12.3. The highest BCUT2D eigenvalue weighted by molar-refractivity contribution is 5.61. The van der Waals surface area contributed by atoms with E-state index in [2.05, 4.69) is 59.6 Å². The Morgan fingerprint density at radius 1 is 0.889 bits per heavy atom. The van der Waals surface area contributed by atoms with Gasteiger partial charge in [0.25, 0.3) is 0 Å². The molecule has 0 aliphatic carbocycles. The molecule has 27 heavy (non-hydrogen) atoms. The predicted molar refractivity (Wildman–Crippen MR) is 111 cm³/mol. The van der Waals surface area contributed by atoms with Crippen molar-refractivity contribution in [1.82, 2.24) is 15.3 Å². The molecule has 0 radical (unpaired) electrons. The van der Waals surface area contributed by atoms with E-state index in [1.54, 1.807) is 0 Å². The first-order valence-electron chi connectivity index (χ1n) is 9.74. The van der Waals surface area contributed by atoms with Crippen LogP contribution in [0.3, 0.4) is 0 Å². The molecular formula is C23H26N4. The zero-order valence-electron chi connectivity index (χ0n) is 15.9. The van der Waals surface area contributed by atoms with E-state index in [1.807, 2.05) is 18.2 Å². The van der Waals surface area contributed by atoms with Crippen LogP contribution in [0.5, 0.6) is 0 Å². The SMILES string of the molecule is Cc1nc(-c2ccccc2)nc(N2CCCNCC2)c1Cc1ccccc1. The largest absolute Gasteiger partial charge is 0.355 e. The van der Waals surface area contributed by atoms with Crippen LogP contribution in [-0.2, 0) is 6.42 Å². The molecule has 4 nitrogen and oxygen atoms in total. The quantitative estimate of drug-likeness (QED) is 0.769. The second-order valence-electron chi connectivity index (χ2n) is 7.05. The van der Waals surface area contributed by atoms with Gasteiger partial charge in [-0.1, -0.05) is 60.7 Å². The van der Waals surface area contributed by atoms with E-state index in [4.69, 9.17) is 9.97 Å². The van der Waals surface area contributed by atoms with Gasteiger partial charge in [-0.3, -0.25) is 0 Å². The fraction of sp³-hybridized carbons (Fsp3) is 0.304. The van der Waals surface area contributed by atoms with E-state index >= 15 is 0 Å². The van der Waals surface area contributed by atoms with Gasteiger partial charge >= 0.3 is 0 Å². The lowest BCUT2D eigenvalue weighted by Gasteiger charge is -2.25. The van der Waals surface area contributed by atoms with E-state index < -0.39 is 0 Å². The second-order valence-corrected chi connectivity index (χ2v) is 7.05. The van der Waals surface area contributed by atoms with E-state index in [0.29, 0.717) is 0 Å². The summed E-state index contributed by atoms with van der Waals surface area (Å²) in [7, 11) is 0. The molecule has 3 aromatic rings. The van der Waals surface area contributed by atoms with Gasteiger partial charge in [-0.15, -0.1) is 0 Å². The van der Waals surface area contributed by atoms with Crippen molar-refractivity contribution in [3.63, 3.8) is 0 Å². The van der Waals surface area contributed by atoms with Crippen molar-refractivity contribution in [2.24, 2.45) is 0 Å². The van der Waals surface area contributed by atoms with Crippen LogP contribution in [0.25, 0.3) is 11.4 Å². The molecule has 2 heterocycles. The van der Waals surface area contributed by atoms with Crippen LogP contribution in [0.15, 0.2) is 60.7 Å². The molecule has 4 rings (SSSR count). The summed E-state index contributed by atoms with van der Waals surface area (Å²) in [5, 5.41) is 3.49. The normalized spacial score (nSPS) is 14.8. The summed E-state index contributed by atoms with van der Waals surface area (Å²) in [6.07, 6.45) is 2.00. The van der Waals surface area contributed by atoms with Crippen LogP contribution in [0.1, 0.15) is 23.2 Å². The maximum atomic E-state index is 5.05. The Morgan fingerprint density at radius 3 is 2.41 bits per heavy atom. The number of benzene rings is 2. The third-order valence-corrected chi connectivity index (χ3v) is 5.09. The molecule has 0 atom stereocenters. The molecule has 1 aromatic heterocycles. The minimum absolute atomic E-state index is 0.817. The zero-order valence-corrected chi connectivity index (χ0v) is 15.9. The summed E-state index contributed by atoms with van der Waals surface area (Å²) >= 11 is 0. The maximum absolute atomic E-state index is 5.05. The third kappa shape index (κ3) is 4.17. The number of nitrogens with zero attached hydrogens (tertiary/aromatic N) is 3. The Balaban J connectivity index is 1.78. The lowest BCUT2D eigenvalue weighted by atomic mass is 10.0. The zero-order chi connectivity index (χ0) is 18.5. The first kappa shape index (κ1) is 17.7. The number of hydrogen-bond acceptors (Lipinski definition) is 4. The minimum Gasteiger partial charge on any atom is -0.355 e.